The van der Waals surface area contributed by atoms with Gasteiger partial charge in [-0.1, -0.05) is 58.9 Å². The standard InChI is InChI=1S/C30H43NO4/c1-11-30(12-2,22-13-15-24(20(3)17-22)31-27(33)35-29(8,9)10)23-14-16-25(21(4)18-23)34-19-26(32)28(5,6)7/h13-18H,11-12,19H2,1-10H3,(H,31,33). The summed E-state index contributed by atoms with van der Waals surface area (Å²) in [5.74, 6) is 0.813. The van der Waals surface area contributed by atoms with Gasteiger partial charge in [0.25, 0.3) is 0 Å². The lowest BCUT2D eigenvalue weighted by Crippen LogP contribution is -2.28. The molecule has 192 valence electrons. The van der Waals surface area contributed by atoms with Gasteiger partial charge in [-0.15, -0.1) is 0 Å². The third kappa shape index (κ3) is 7.09. The van der Waals surface area contributed by atoms with Crippen LogP contribution in [0.15, 0.2) is 36.4 Å². The maximum absolute atomic E-state index is 12.3. The molecule has 1 amide bonds. The number of rotatable bonds is 8. The molecular formula is C30H43NO4. The van der Waals surface area contributed by atoms with Crippen molar-refractivity contribution >= 4 is 17.6 Å². The first-order chi connectivity index (χ1) is 16.1. The third-order valence-corrected chi connectivity index (χ3v) is 6.54. The van der Waals surface area contributed by atoms with E-state index in [1.807, 2.05) is 67.5 Å². The molecule has 2 aromatic carbocycles. The minimum atomic E-state index is -0.550. The maximum atomic E-state index is 12.3. The molecule has 0 radical (unpaired) electrons. The first-order valence-electron chi connectivity index (χ1n) is 12.5. The van der Waals surface area contributed by atoms with Crippen LogP contribution >= 0.6 is 0 Å². The van der Waals surface area contributed by atoms with Crippen LogP contribution in [-0.4, -0.2) is 24.1 Å². The van der Waals surface area contributed by atoms with Gasteiger partial charge in [0.05, 0.1) is 0 Å². The quantitative estimate of drug-likeness (QED) is 0.418. The highest BCUT2D eigenvalue weighted by atomic mass is 16.6. The van der Waals surface area contributed by atoms with E-state index in [2.05, 4.69) is 43.4 Å². The number of hydrogen-bond donors (Lipinski definition) is 1. The minimum Gasteiger partial charge on any atom is -0.486 e. The summed E-state index contributed by atoms with van der Waals surface area (Å²) < 4.78 is 11.3. The molecule has 0 saturated heterocycles. The molecule has 0 unspecified atom stereocenters. The van der Waals surface area contributed by atoms with E-state index >= 15 is 0 Å². The summed E-state index contributed by atoms with van der Waals surface area (Å²) in [6.45, 7) is 19.8. The number of aryl methyl sites for hydroxylation is 2. The van der Waals surface area contributed by atoms with E-state index in [1.54, 1.807) is 0 Å². The van der Waals surface area contributed by atoms with E-state index in [4.69, 9.17) is 9.47 Å². The molecule has 0 aromatic heterocycles. The number of Topliss-reactive ketones (excluding diaryl/α,β-unsaturated/α-hetero) is 1. The maximum Gasteiger partial charge on any atom is 0.412 e. The third-order valence-electron chi connectivity index (χ3n) is 6.54. The van der Waals surface area contributed by atoms with Crippen LogP contribution in [0.5, 0.6) is 5.75 Å². The summed E-state index contributed by atoms with van der Waals surface area (Å²) in [7, 11) is 0. The van der Waals surface area contributed by atoms with Gasteiger partial charge < -0.3 is 9.47 Å². The Bertz CT molecular complexity index is 1050. The fourth-order valence-electron chi connectivity index (χ4n) is 4.22. The van der Waals surface area contributed by atoms with Crippen molar-refractivity contribution in [3.05, 3.63) is 58.7 Å². The van der Waals surface area contributed by atoms with Crippen molar-refractivity contribution in [2.45, 2.75) is 93.1 Å². The summed E-state index contributed by atoms with van der Waals surface area (Å²) >= 11 is 0. The van der Waals surface area contributed by atoms with Crippen molar-refractivity contribution in [3.8, 4) is 5.75 Å². The molecule has 0 aliphatic heterocycles. The molecule has 35 heavy (non-hydrogen) atoms. The zero-order chi connectivity index (χ0) is 26.6. The number of amides is 1. The fraction of sp³-hybridized carbons (Fsp3) is 0.533. The molecule has 0 spiro atoms. The zero-order valence-corrected chi connectivity index (χ0v) is 23.2. The van der Waals surface area contributed by atoms with Gasteiger partial charge in [0.1, 0.15) is 18.0 Å². The van der Waals surface area contributed by atoms with Gasteiger partial charge in [0.15, 0.2) is 5.78 Å². The van der Waals surface area contributed by atoms with Crippen LogP contribution in [0.3, 0.4) is 0 Å². The Balaban J connectivity index is 2.33. The fourth-order valence-corrected chi connectivity index (χ4v) is 4.22. The van der Waals surface area contributed by atoms with Crippen LogP contribution in [0, 0.1) is 19.3 Å². The number of nitrogens with one attached hydrogen (secondary N) is 1. The molecule has 5 heteroatoms. The van der Waals surface area contributed by atoms with Gasteiger partial charge in [0, 0.05) is 16.5 Å². The number of carbonyl (C=O) groups excluding carboxylic acids is 2. The molecule has 2 aromatic rings. The second-order valence-electron chi connectivity index (χ2n) is 11.4. The van der Waals surface area contributed by atoms with E-state index < -0.39 is 17.1 Å². The normalized spacial score (nSPS) is 12.3. The number of ether oxygens (including phenoxy) is 2. The lowest BCUT2D eigenvalue weighted by molar-refractivity contribution is -0.128. The molecule has 0 aliphatic rings. The summed E-state index contributed by atoms with van der Waals surface area (Å²) in [6.07, 6.45) is 1.38. The highest BCUT2D eigenvalue weighted by molar-refractivity contribution is 5.86. The monoisotopic (exact) mass is 481 g/mol. The van der Waals surface area contributed by atoms with Gasteiger partial charge in [-0.3, -0.25) is 10.1 Å². The SMILES string of the molecule is CCC(CC)(c1ccc(NC(=O)OC(C)(C)C)c(C)c1)c1ccc(OCC(=O)C(C)(C)C)c(C)c1. The molecular weight excluding hydrogens is 438 g/mol. The summed E-state index contributed by atoms with van der Waals surface area (Å²) in [6, 6.07) is 12.5. The van der Waals surface area contributed by atoms with Crippen LogP contribution in [-0.2, 0) is 14.9 Å². The largest absolute Gasteiger partial charge is 0.486 e. The second-order valence-corrected chi connectivity index (χ2v) is 11.4. The van der Waals surface area contributed by atoms with E-state index in [9.17, 15) is 9.59 Å². The van der Waals surface area contributed by atoms with Crippen molar-refractivity contribution in [3.63, 3.8) is 0 Å². The van der Waals surface area contributed by atoms with Gasteiger partial charge in [-0.05, 0) is 81.8 Å². The number of hydrogen-bond acceptors (Lipinski definition) is 4. The zero-order valence-electron chi connectivity index (χ0n) is 23.2. The Hall–Kier alpha value is -2.82. The Morgan fingerprint density at radius 2 is 1.37 bits per heavy atom. The Morgan fingerprint density at radius 1 is 0.829 bits per heavy atom. The van der Waals surface area contributed by atoms with Crippen molar-refractivity contribution in [1.82, 2.24) is 0 Å². The summed E-state index contributed by atoms with van der Waals surface area (Å²) in [5, 5.41) is 2.87. The van der Waals surface area contributed by atoms with Crippen LogP contribution in [0.1, 0.15) is 90.5 Å². The van der Waals surface area contributed by atoms with E-state index in [-0.39, 0.29) is 17.8 Å². The molecule has 0 fully saturated rings. The highest BCUT2D eigenvalue weighted by Crippen LogP contribution is 2.41. The molecule has 2 rings (SSSR count). The van der Waals surface area contributed by atoms with E-state index in [0.717, 1.165) is 35.4 Å². The molecule has 0 saturated carbocycles. The predicted molar refractivity (Wildman–Crippen MR) is 144 cm³/mol. The number of carbonyl (C=O) groups is 2. The topological polar surface area (TPSA) is 64.6 Å². The molecule has 0 aliphatic carbocycles. The van der Waals surface area contributed by atoms with Gasteiger partial charge in [0.2, 0.25) is 0 Å². The van der Waals surface area contributed by atoms with Crippen molar-refractivity contribution in [2.75, 3.05) is 11.9 Å². The van der Waals surface area contributed by atoms with Crippen molar-refractivity contribution in [1.29, 1.82) is 0 Å². The predicted octanol–water partition coefficient (Wildman–Crippen LogP) is 7.75. The minimum absolute atomic E-state index is 0.0711. The number of ketones is 1. The van der Waals surface area contributed by atoms with Crippen molar-refractivity contribution in [2.24, 2.45) is 5.41 Å². The summed E-state index contributed by atoms with van der Waals surface area (Å²) in [5.41, 5.74) is 3.99. The first kappa shape index (κ1) is 28.4. The highest BCUT2D eigenvalue weighted by Gasteiger charge is 2.32. The Morgan fingerprint density at radius 3 is 1.83 bits per heavy atom. The second kappa shape index (κ2) is 10.8. The molecule has 0 heterocycles. The number of benzene rings is 2. The van der Waals surface area contributed by atoms with Gasteiger partial charge >= 0.3 is 6.09 Å². The molecule has 1 N–H and O–H groups in total. The van der Waals surface area contributed by atoms with Crippen LogP contribution in [0.25, 0.3) is 0 Å². The van der Waals surface area contributed by atoms with E-state index in [0.29, 0.717) is 0 Å². The summed E-state index contributed by atoms with van der Waals surface area (Å²) in [4.78, 5) is 24.5. The molecule has 5 nitrogen and oxygen atoms in total. The molecule has 0 atom stereocenters. The molecule has 0 bridgehead atoms. The average molecular weight is 482 g/mol. The first-order valence-corrected chi connectivity index (χ1v) is 12.5. The van der Waals surface area contributed by atoms with Crippen LogP contribution < -0.4 is 10.1 Å². The van der Waals surface area contributed by atoms with Crippen molar-refractivity contribution < 1.29 is 19.1 Å². The van der Waals surface area contributed by atoms with Gasteiger partial charge in [-0.25, -0.2) is 4.79 Å². The van der Waals surface area contributed by atoms with E-state index in [1.165, 1.54) is 11.1 Å². The Kier molecular flexibility index (Phi) is 8.80. The van der Waals surface area contributed by atoms with Crippen LogP contribution in [0.4, 0.5) is 10.5 Å². The number of anilines is 1. The Labute approximate surface area is 211 Å². The van der Waals surface area contributed by atoms with Gasteiger partial charge in [-0.2, -0.15) is 0 Å². The van der Waals surface area contributed by atoms with Crippen LogP contribution in [0.2, 0.25) is 0 Å². The average Bonchev–Trinajstić information content (AvgIpc) is 2.74. The smallest absolute Gasteiger partial charge is 0.412 e. The lowest BCUT2D eigenvalue weighted by Gasteiger charge is -2.34. The lowest BCUT2D eigenvalue weighted by atomic mass is 9.70.